The molecular formula is C21H26N2O4S. The summed E-state index contributed by atoms with van der Waals surface area (Å²) in [7, 11) is -3.64. The lowest BCUT2D eigenvalue weighted by Crippen LogP contribution is -2.40. The van der Waals surface area contributed by atoms with Crippen molar-refractivity contribution in [3.05, 3.63) is 64.7 Å². The Morgan fingerprint density at radius 1 is 1.11 bits per heavy atom. The number of aryl methyl sites for hydroxylation is 2. The van der Waals surface area contributed by atoms with Gasteiger partial charge in [0.1, 0.15) is 0 Å². The van der Waals surface area contributed by atoms with Gasteiger partial charge < -0.3 is 10.1 Å². The molecule has 0 spiro atoms. The molecule has 1 N–H and O–H groups in total. The van der Waals surface area contributed by atoms with Gasteiger partial charge in [-0.05, 0) is 50.1 Å². The van der Waals surface area contributed by atoms with Crippen LogP contribution < -0.4 is 5.32 Å². The smallest absolute Gasteiger partial charge is 0.251 e. The Bertz CT molecular complexity index is 966. The molecule has 6 nitrogen and oxygen atoms in total. The lowest BCUT2D eigenvalue weighted by Gasteiger charge is -2.26. The van der Waals surface area contributed by atoms with Gasteiger partial charge in [-0.25, -0.2) is 8.42 Å². The third-order valence-corrected chi connectivity index (χ3v) is 6.85. The topological polar surface area (TPSA) is 75.7 Å². The summed E-state index contributed by atoms with van der Waals surface area (Å²) in [5, 5.41) is 2.97. The summed E-state index contributed by atoms with van der Waals surface area (Å²) in [6.45, 7) is 7.35. The molecule has 7 heteroatoms. The van der Waals surface area contributed by atoms with Crippen molar-refractivity contribution in [1.82, 2.24) is 9.62 Å². The maximum Gasteiger partial charge on any atom is 0.251 e. The van der Waals surface area contributed by atoms with Crippen LogP contribution in [0.2, 0.25) is 0 Å². The Hall–Kier alpha value is -2.22. The van der Waals surface area contributed by atoms with Crippen molar-refractivity contribution >= 4 is 15.9 Å². The van der Waals surface area contributed by atoms with Crippen molar-refractivity contribution in [1.29, 1.82) is 0 Å². The largest absolute Gasteiger partial charge is 0.379 e. The molecule has 1 fully saturated rings. The van der Waals surface area contributed by atoms with Gasteiger partial charge in [-0.2, -0.15) is 4.31 Å². The lowest BCUT2D eigenvalue weighted by atomic mass is 10.00. The fourth-order valence-corrected chi connectivity index (χ4v) is 4.77. The molecule has 0 radical (unpaired) electrons. The number of nitrogens with one attached hydrogen (secondary N) is 1. The van der Waals surface area contributed by atoms with Crippen molar-refractivity contribution < 1.29 is 17.9 Å². The molecule has 1 aliphatic heterocycles. The van der Waals surface area contributed by atoms with Crippen LogP contribution in [-0.2, 0) is 14.8 Å². The van der Waals surface area contributed by atoms with Crippen molar-refractivity contribution in [3.8, 4) is 0 Å². The number of sulfonamides is 1. The van der Waals surface area contributed by atoms with Gasteiger partial charge in [0.25, 0.3) is 5.91 Å². The molecule has 0 aliphatic carbocycles. The number of rotatable bonds is 5. The molecule has 0 unspecified atom stereocenters. The van der Waals surface area contributed by atoms with Crippen molar-refractivity contribution in [3.63, 3.8) is 0 Å². The standard InChI is InChI=1S/C21H26N2O4S/c1-15-7-8-16(2)20(13-15)17(3)22-21(24)18-5-4-6-19(14-18)28(25,26)23-9-11-27-12-10-23/h4-8,13-14,17H,9-12H2,1-3H3,(H,22,24)/t17-/m1/s1. The van der Waals surface area contributed by atoms with E-state index in [9.17, 15) is 13.2 Å². The van der Waals surface area contributed by atoms with E-state index in [0.717, 1.165) is 16.7 Å². The Balaban J connectivity index is 1.79. The molecule has 0 bridgehead atoms. The molecule has 1 aliphatic rings. The van der Waals surface area contributed by atoms with E-state index in [2.05, 4.69) is 11.4 Å². The van der Waals surface area contributed by atoms with Crippen LogP contribution in [0, 0.1) is 13.8 Å². The van der Waals surface area contributed by atoms with E-state index in [1.165, 1.54) is 16.4 Å². The number of carbonyl (C=O) groups is 1. The molecule has 0 saturated carbocycles. The molecule has 28 heavy (non-hydrogen) atoms. The van der Waals surface area contributed by atoms with E-state index in [4.69, 9.17) is 4.74 Å². The number of ether oxygens (including phenoxy) is 1. The summed E-state index contributed by atoms with van der Waals surface area (Å²) >= 11 is 0. The van der Waals surface area contributed by atoms with Crippen LogP contribution in [0.5, 0.6) is 0 Å². The monoisotopic (exact) mass is 402 g/mol. The first-order valence-electron chi connectivity index (χ1n) is 9.35. The van der Waals surface area contributed by atoms with Gasteiger partial charge in [-0.3, -0.25) is 4.79 Å². The molecule has 150 valence electrons. The van der Waals surface area contributed by atoms with E-state index in [1.54, 1.807) is 12.1 Å². The summed E-state index contributed by atoms with van der Waals surface area (Å²) in [5.41, 5.74) is 3.60. The second-order valence-corrected chi connectivity index (χ2v) is 9.04. The van der Waals surface area contributed by atoms with E-state index in [0.29, 0.717) is 31.9 Å². The van der Waals surface area contributed by atoms with Crippen LogP contribution in [0.3, 0.4) is 0 Å². The lowest BCUT2D eigenvalue weighted by molar-refractivity contribution is 0.0730. The summed E-state index contributed by atoms with van der Waals surface area (Å²) in [6.07, 6.45) is 0. The minimum atomic E-state index is -3.64. The first-order chi connectivity index (χ1) is 13.3. The number of benzene rings is 2. The number of nitrogens with zero attached hydrogens (tertiary/aromatic N) is 1. The predicted molar refractivity (Wildman–Crippen MR) is 108 cm³/mol. The van der Waals surface area contributed by atoms with Gasteiger partial charge in [0.2, 0.25) is 10.0 Å². The summed E-state index contributed by atoms with van der Waals surface area (Å²) < 4.78 is 32.3. The Morgan fingerprint density at radius 3 is 2.54 bits per heavy atom. The molecule has 1 amide bonds. The van der Waals surface area contributed by atoms with Gasteiger partial charge in [0, 0.05) is 18.7 Å². The van der Waals surface area contributed by atoms with Crippen LogP contribution >= 0.6 is 0 Å². The van der Waals surface area contributed by atoms with E-state index >= 15 is 0 Å². The first-order valence-corrected chi connectivity index (χ1v) is 10.8. The number of morpholine rings is 1. The Kier molecular flexibility index (Phi) is 6.17. The van der Waals surface area contributed by atoms with Gasteiger partial charge in [-0.1, -0.05) is 29.8 Å². The SMILES string of the molecule is Cc1ccc(C)c([C@@H](C)NC(=O)c2cccc(S(=O)(=O)N3CCOCC3)c2)c1. The highest BCUT2D eigenvalue weighted by atomic mass is 32.2. The molecule has 1 atom stereocenters. The van der Waals surface area contributed by atoms with Gasteiger partial charge in [0.15, 0.2) is 0 Å². The normalized spacial score (nSPS) is 16.5. The molecule has 2 aromatic rings. The first kappa shape index (κ1) is 20.5. The maximum atomic E-state index is 12.8. The average Bonchev–Trinajstić information content (AvgIpc) is 2.70. The van der Waals surface area contributed by atoms with Gasteiger partial charge in [0.05, 0.1) is 24.2 Å². The molecule has 1 saturated heterocycles. The van der Waals surface area contributed by atoms with E-state index < -0.39 is 10.0 Å². The van der Waals surface area contributed by atoms with Crippen molar-refractivity contribution in [2.75, 3.05) is 26.3 Å². The number of hydrogen-bond acceptors (Lipinski definition) is 4. The van der Waals surface area contributed by atoms with Crippen LogP contribution in [0.25, 0.3) is 0 Å². The molecule has 3 rings (SSSR count). The fourth-order valence-electron chi connectivity index (χ4n) is 3.32. The highest BCUT2D eigenvalue weighted by Gasteiger charge is 2.27. The summed E-state index contributed by atoms with van der Waals surface area (Å²) in [4.78, 5) is 12.9. The second-order valence-electron chi connectivity index (χ2n) is 7.10. The summed E-state index contributed by atoms with van der Waals surface area (Å²) in [6, 6.07) is 12.1. The van der Waals surface area contributed by atoms with Crippen molar-refractivity contribution in [2.24, 2.45) is 0 Å². The maximum absolute atomic E-state index is 12.8. The molecular weight excluding hydrogens is 376 g/mol. The van der Waals surface area contributed by atoms with Crippen LogP contribution in [0.1, 0.15) is 40.0 Å². The third kappa shape index (κ3) is 4.43. The highest BCUT2D eigenvalue weighted by Crippen LogP contribution is 2.21. The minimum Gasteiger partial charge on any atom is -0.379 e. The zero-order valence-corrected chi connectivity index (χ0v) is 17.3. The Morgan fingerprint density at radius 2 is 1.82 bits per heavy atom. The van der Waals surface area contributed by atoms with Crippen LogP contribution in [0.15, 0.2) is 47.4 Å². The van der Waals surface area contributed by atoms with Crippen LogP contribution in [-0.4, -0.2) is 44.9 Å². The average molecular weight is 403 g/mol. The van der Waals surface area contributed by atoms with Gasteiger partial charge >= 0.3 is 0 Å². The number of hydrogen-bond donors (Lipinski definition) is 1. The molecule has 0 aromatic heterocycles. The minimum absolute atomic E-state index is 0.126. The predicted octanol–water partition coefficient (Wildman–Crippen LogP) is 2.82. The zero-order chi connectivity index (χ0) is 20.3. The van der Waals surface area contributed by atoms with Crippen LogP contribution in [0.4, 0.5) is 0 Å². The molecule has 2 aromatic carbocycles. The molecule has 1 heterocycles. The fraction of sp³-hybridized carbons (Fsp3) is 0.381. The van der Waals surface area contributed by atoms with Gasteiger partial charge in [-0.15, -0.1) is 0 Å². The third-order valence-electron chi connectivity index (χ3n) is 4.95. The van der Waals surface area contributed by atoms with E-state index in [1.807, 2.05) is 32.9 Å². The summed E-state index contributed by atoms with van der Waals surface area (Å²) in [5.74, 6) is -0.299. The highest BCUT2D eigenvalue weighted by molar-refractivity contribution is 7.89. The number of amides is 1. The Labute approximate surface area is 166 Å². The quantitative estimate of drug-likeness (QED) is 0.834. The number of carbonyl (C=O) groups excluding carboxylic acids is 1. The second kappa shape index (κ2) is 8.43. The zero-order valence-electron chi connectivity index (χ0n) is 16.4. The van der Waals surface area contributed by atoms with Crippen molar-refractivity contribution in [2.45, 2.75) is 31.7 Å². The van der Waals surface area contributed by atoms with E-state index in [-0.39, 0.29) is 16.8 Å².